The molecule has 0 aromatic heterocycles. The van der Waals surface area contributed by atoms with Gasteiger partial charge in [-0.2, -0.15) is 0 Å². The lowest BCUT2D eigenvalue weighted by molar-refractivity contribution is 0.510. The van der Waals surface area contributed by atoms with Crippen molar-refractivity contribution in [1.29, 1.82) is 0 Å². The van der Waals surface area contributed by atoms with Crippen molar-refractivity contribution in [2.24, 2.45) is 5.73 Å². The van der Waals surface area contributed by atoms with Crippen LogP contribution < -0.4 is 10.5 Å². The molecule has 1 aromatic carbocycles. The van der Waals surface area contributed by atoms with E-state index >= 15 is 0 Å². The van der Waals surface area contributed by atoms with Crippen LogP contribution in [0.25, 0.3) is 0 Å². The number of hydrogen-bond acceptors (Lipinski definition) is 4. The summed E-state index contributed by atoms with van der Waals surface area (Å²) < 4.78 is 26.2. The fourth-order valence-corrected chi connectivity index (χ4v) is 2.68. The van der Waals surface area contributed by atoms with Crippen molar-refractivity contribution < 1.29 is 13.2 Å². The van der Waals surface area contributed by atoms with Crippen LogP contribution in [0, 0.1) is 0 Å². The maximum atomic E-state index is 11.9. The highest BCUT2D eigenvalue weighted by atomic mass is 32.2. The zero-order chi connectivity index (χ0) is 13.4. The number of unbranched alkanes of at least 4 members (excludes halogenated alkanes) is 1. The number of hydrogen-bond donors (Lipinski definition) is 2. The van der Waals surface area contributed by atoms with Gasteiger partial charge in [-0.05, 0) is 31.5 Å². The minimum absolute atomic E-state index is 0.143. The van der Waals surface area contributed by atoms with E-state index in [1.54, 1.807) is 24.5 Å². The molecule has 1 radical (unpaired) electrons. The van der Waals surface area contributed by atoms with E-state index in [9.17, 15) is 13.2 Å². The average molecular weight is 269 g/mol. The maximum absolute atomic E-state index is 11.9. The second-order valence-corrected chi connectivity index (χ2v) is 5.60. The molecule has 3 N–H and O–H groups in total. The van der Waals surface area contributed by atoms with Gasteiger partial charge in [0, 0.05) is 0 Å². The van der Waals surface area contributed by atoms with Crippen LogP contribution in [0.2, 0.25) is 0 Å². The van der Waals surface area contributed by atoms with Crippen LogP contribution in [0.5, 0.6) is 0 Å². The Hall–Kier alpha value is -1.24. The number of sulfonamides is 1. The first-order chi connectivity index (χ1) is 8.60. The molecule has 18 heavy (non-hydrogen) atoms. The molecule has 0 unspecified atom stereocenters. The number of nitrogens with one attached hydrogen (secondary N) is 1. The zero-order valence-electron chi connectivity index (χ0n) is 10.0. The van der Waals surface area contributed by atoms with Crippen molar-refractivity contribution in [3.8, 4) is 0 Å². The average Bonchev–Trinajstić information content (AvgIpc) is 2.38. The lowest BCUT2D eigenvalue weighted by Crippen LogP contribution is -2.36. The van der Waals surface area contributed by atoms with Crippen LogP contribution in [-0.4, -0.2) is 27.3 Å². The Bertz CT molecular complexity index is 459. The quantitative estimate of drug-likeness (QED) is 0.675. The minimum atomic E-state index is -3.65. The molecule has 6 heteroatoms. The van der Waals surface area contributed by atoms with Gasteiger partial charge < -0.3 is 5.73 Å². The topological polar surface area (TPSA) is 89.3 Å². The molecule has 0 aliphatic rings. The summed E-state index contributed by atoms with van der Waals surface area (Å²) in [5, 5.41) is 0. The van der Waals surface area contributed by atoms with Gasteiger partial charge >= 0.3 is 0 Å². The normalized spacial score (nSPS) is 13.2. The van der Waals surface area contributed by atoms with Gasteiger partial charge in [-0.15, -0.1) is 0 Å². The molecule has 0 saturated carbocycles. The summed E-state index contributed by atoms with van der Waals surface area (Å²) in [5.74, 6) is 0. The van der Waals surface area contributed by atoms with Crippen LogP contribution in [0.1, 0.15) is 19.3 Å². The van der Waals surface area contributed by atoms with E-state index in [2.05, 4.69) is 4.72 Å². The Morgan fingerprint density at radius 3 is 2.44 bits per heavy atom. The van der Waals surface area contributed by atoms with Crippen molar-refractivity contribution in [3.05, 3.63) is 30.3 Å². The molecule has 0 spiro atoms. The van der Waals surface area contributed by atoms with Gasteiger partial charge in [0.25, 0.3) is 0 Å². The molecule has 0 amide bonds. The van der Waals surface area contributed by atoms with E-state index in [0.717, 1.165) is 6.42 Å². The molecular weight excluding hydrogens is 252 g/mol. The summed E-state index contributed by atoms with van der Waals surface area (Å²) in [6.07, 6.45) is 3.56. The van der Waals surface area contributed by atoms with E-state index in [1.807, 2.05) is 0 Å². The summed E-state index contributed by atoms with van der Waals surface area (Å²) in [6, 6.07) is 7.12. The first-order valence-electron chi connectivity index (χ1n) is 5.75. The minimum Gasteiger partial charge on any atom is -0.330 e. The predicted molar refractivity (Wildman–Crippen MR) is 69.2 cm³/mol. The second-order valence-electron chi connectivity index (χ2n) is 3.89. The van der Waals surface area contributed by atoms with Gasteiger partial charge in [0.05, 0.1) is 10.9 Å². The third-order valence-electron chi connectivity index (χ3n) is 2.44. The lowest BCUT2D eigenvalue weighted by Gasteiger charge is -2.12. The van der Waals surface area contributed by atoms with Crippen LogP contribution >= 0.6 is 0 Å². The molecule has 0 fully saturated rings. The molecule has 0 saturated heterocycles. The molecule has 99 valence electrons. The molecule has 0 heterocycles. The van der Waals surface area contributed by atoms with Crippen molar-refractivity contribution in [2.45, 2.75) is 30.2 Å². The summed E-state index contributed by atoms with van der Waals surface area (Å²) in [4.78, 5) is 10.9. The van der Waals surface area contributed by atoms with E-state index in [1.165, 1.54) is 12.1 Å². The third-order valence-corrected chi connectivity index (χ3v) is 3.93. The van der Waals surface area contributed by atoms with E-state index in [4.69, 9.17) is 5.73 Å². The van der Waals surface area contributed by atoms with Gasteiger partial charge in [0.1, 0.15) is 0 Å². The number of rotatable bonds is 8. The fourth-order valence-electron chi connectivity index (χ4n) is 1.49. The molecule has 1 aromatic rings. The maximum Gasteiger partial charge on any atom is 0.241 e. The zero-order valence-corrected chi connectivity index (χ0v) is 10.8. The van der Waals surface area contributed by atoms with Gasteiger partial charge in [-0.1, -0.05) is 24.6 Å². The molecule has 0 bridgehead atoms. The SMILES string of the molecule is NCCCC[C@@H]([C]=O)NS(=O)(=O)c1ccccc1. The molecule has 1 atom stereocenters. The van der Waals surface area contributed by atoms with Crippen LogP contribution in [0.4, 0.5) is 0 Å². The Labute approximate surface area is 107 Å². The Morgan fingerprint density at radius 1 is 1.22 bits per heavy atom. The van der Waals surface area contributed by atoms with Gasteiger partial charge in [-0.3, -0.25) is 4.79 Å². The highest BCUT2D eigenvalue weighted by Gasteiger charge is 2.19. The van der Waals surface area contributed by atoms with E-state index in [-0.39, 0.29) is 4.90 Å². The number of nitrogens with two attached hydrogens (primary N) is 1. The second kappa shape index (κ2) is 7.25. The van der Waals surface area contributed by atoms with Crippen molar-refractivity contribution in [1.82, 2.24) is 4.72 Å². The van der Waals surface area contributed by atoms with Crippen LogP contribution in [0.15, 0.2) is 35.2 Å². The van der Waals surface area contributed by atoms with Crippen LogP contribution in [-0.2, 0) is 14.8 Å². The Morgan fingerprint density at radius 2 is 1.89 bits per heavy atom. The number of carbonyl (C=O) groups excluding carboxylic acids is 1. The Kier molecular flexibility index (Phi) is 5.97. The summed E-state index contributed by atoms with van der Waals surface area (Å²) in [7, 11) is -3.65. The monoisotopic (exact) mass is 269 g/mol. The smallest absolute Gasteiger partial charge is 0.241 e. The molecule has 0 aliphatic heterocycles. The highest BCUT2D eigenvalue weighted by Crippen LogP contribution is 2.09. The predicted octanol–water partition coefficient (Wildman–Crippen LogP) is 0.572. The van der Waals surface area contributed by atoms with Crippen LogP contribution in [0.3, 0.4) is 0 Å². The molecule has 0 aliphatic carbocycles. The largest absolute Gasteiger partial charge is 0.330 e. The van der Waals surface area contributed by atoms with Crippen molar-refractivity contribution in [2.75, 3.05) is 6.54 Å². The number of benzene rings is 1. The molecular formula is C12H17N2O3S. The Balaban J connectivity index is 2.66. The first kappa shape index (κ1) is 14.8. The van der Waals surface area contributed by atoms with Crippen molar-refractivity contribution >= 4 is 16.3 Å². The molecule has 5 nitrogen and oxygen atoms in total. The summed E-state index contributed by atoms with van der Waals surface area (Å²) >= 11 is 0. The van der Waals surface area contributed by atoms with E-state index in [0.29, 0.717) is 19.4 Å². The third kappa shape index (κ3) is 4.56. The van der Waals surface area contributed by atoms with Gasteiger partial charge in [-0.25, -0.2) is 13.1 Å². The van der Waals surface area contributed by atoms with Gasteiger partial charge in [0.15, 0.2) is 0 Å². The fraction of sp³-hybridized carbons (Fsp3) is 0.417. The standard InChI is InChI=1S/C12H17N2O3S/c13-9-5-4-6-11(10-15)14-18(16,17)12-7-2-1-3-8-12/h1-3,7-8,11,14H,4-6,9,13H2/t11-/m0/s1. The lowest BCUT2D eigenvalue weighted by atomic mass is 10.1. The van der Waals surface area contributed by atoms with E-state index < -0.39 is 16.1 Å². The van der Waals surface area contributed by atoms with Crippen molar-refractivity contribution in [3.63, 3.8) is 0 Å². The first-order valence-corrected chi connectivity index (χ1v) is 7.23. The highest BCUT2D eigenvalue weighted by molar-refractivity contribution is 7.89. The summed E-state index contributed by atoms with van der Waals surface area (Å²) in [5.41, 5.74) is 5.34. The van der Waals surface area contributed by atoms with Gasteiger partial charge in [0.2, 0.25) is 16.3 Å². The molecule has 1 rings (SSSR count). The summed E-state index contributed by atoms with van der Waals surface area (Å²) in [6.45, 7) is 0.525.